The zero-order valence-electron chi connectivity index (χ0n) is 16.8. The Morgan fingerprint density at radius 1 is 0.917 bits per heavy atom. The van der Waals surface area contributed by atoms with Crippen LogP contribution in [0.25, 0.3) is 0 Å². The zero-order chi connectivity index (χ0) is 18.0. The quantitative estimate of drug-likeness (QED) is 0.549. The molecule has 1 saturated heterocycles. The van der Waals surface area contributed by atoms with Crippen LogP contribution in [0.5, 0.6) is 0 Å². The summed E-state index contributed by atoms with van der Waals surface area (Å²) in [7, 11) is 0. The summed E-state index contributed by atoms with van der Waals surface area (Å²) in [6, 6.07) is 0.698. The van der Waals surface area contributed by atoms with Crippen LogP contribution in [0.3, 0.4) is 0 Å². The molecule has 1 rings (SSSR count). The summed E-state index contributed by atoms with van der Waals surface area (Å²) >= 11 is 0. The third kappa shape index (κ3) is 8.36. The van der Waals surface area contributed by atoms with Gasteiger partial charge in [-0.1, -0.05) is 52.4 Å². The Labute approximate surface area is 149 Å². The smallest absolute Gasteiger partial charge is 0.410 e. The molecule has 24 heavy (non-hydrogen) atoms. The fourth-order valence-corrected chi connectivity index (χ4v) is 3.37. The number of amides is 1. The minimum Gasteiger partial charge on any atom is -0.444 e. The predicted octanol–water partition coefficient (Wildman–Crippen LogP) is 5.07. The number of ether oxygens (including phenoxy) is 1. The van der Waals surface area contributed by atoms with E-state index >= 15 is 0 Å². The molecule has 0 aliphatic carbocycles. The Morgan fingerprint density at radius 3 is 1.83 bits per heavy atom. The molecule has 0 saturated carbocycles. The average molecular weight is 341 g/mol. The highest BCUT2D eigenvalue weighted by Gasteiger charge is 2.28. The molecule has 4 heteroatoms. The highest BCUT2D eigenvalue weighted by molar-refractivity contribution is 5.68. The molecule has 1 aliphatic rings. The second kappa shape index (κ2) is 11.0. The van der Waals surface area contributed by atoms with E-state index in [9.17, 15) is 4.79 Å². The zero-order valence-corrected chi connectivity index (χ0v) is 16.8. The summed E-state index contributed by atoms with van der Waals surface area (Å²) < 4.78 is 5.50. The van der Waals surface area contributed by atoms with Gasteiger partial charge in [-0.2, -0.15) is 0 Å². The number of nitrogens with zero attached hydrogens (tertiary/aromatic N) is 2. The van der Waals surface area contributed by atoms with E-state index in [1.165, 1.54) is 51.4 Å². The van der Waals surface area contributed by atoms with Gasteiger partial charge in [0, 0.05) is 32.2 Å². The third-order valence-electron chi connectivity index (χ3n) is 4.76. The van der Waals surface area contributed by atoms with Gasteiger partial charge >= 0.3 is 6.09 Å². The van der Waals surface area contributed by atoms with Gasteiger partial charge in [0.05, 0.1) is 0 Å². The second-order valence-corrected chi connectivity index (χ2v) is 8.15. The van der Waals surface area contributed by atoms with Gasteiger partial charge < -0.3 is 9.64 Å². The number of unbranched alkanes of at least 4 members (excludes halogenated alkanes) is 4. The van der Waals surface area contributed by atoms with Crippen LogP contribution in [0, 0.1) is 0 Å². The first-order valence-electron chi connectivity index (χ1n) is 10.1. The Hall–Kier alpha value is -0.770. The summed E-state index contributed by atoms with van der Waals surface area (Å²) in [4.78, 5) is 16.7. The van der Waals surface area contributed by atoms with Crippen LogP contribution < -0.4 is 0 Å². The predicted molar refractivity (Wildman–Crippen MR) is 101 cm³/mol. The van der Waals surface area contributed by atoms with E-state index < -0.39 is 5.60 Å². The van der Waals surface area contributed by atoms with Crippen LogP contribution in [-0.4, -0.2) is 53.7 Å². The molecule has 4 nitrogen and oxygen atoms in total. The van der Waals surface area contributed by atoms with E-state index in [0.717, 1.165) is 26.2 Å². The normalized spacial score (nSPS) is 16.7. The minimum absolute atomic E-state index is 0.157. The van der Waals surface area contributed by atoms with Crippen molar-refractivity contribution in [2.24, 2.45) is 0 Å². The number of rotatable bonds is 9. The molecule has 0 N–H and O–H groups in total. The first-order valence-corrected chi connectivity index (χ1v) is 10.1. The van der Waals surface area contributed by atoms with Crippen LogP contribution in [-0.2, 0) is 4.74 Å². The highest BCUT2D eigenvalue weighted by atomic mass is 16.6. The van der Waals surface area contributed by atoms with Gasteiger partial charge in [0.15, 0.2) is 0 Å². The van der Waals surface area contributed by atoms with Crippen LogP contribution in [0.1, 0.15) is 86.0 Å². The van der Waals surface area contributed by atoms with Crippen LogP contribution >= 0.6 is 0 Å². The lowest BCUT2D eigenvalue weighted by Gasteiger charge is -2.40. The van der Waals surface area contributed by atoms with Crippen molar-refractivity contribution in [2.75, 3.05) is 26.2 Å². The molecule has 0 aromatic carbocycles. The maximum atomic E-state index is 12.2. The molecule has 0 unspecified atom stereocenters. The number of hydrogen-bond acceptors (Lipinski definition) is 3. The summed E-state index contributed by atoms with van der Waals surface area (Å²) in [6.45, 7) is 13.9. The highest BCUT2D eigenvalue weighted by Crippen LogP contribution is 2.20. The standard InChI is InChI=1S/C20H40N2O2/c1-6-8-10-12-18(13-11-9-7-2)21-14-16-22(17-15-21)19(23)24-20(3,4)5/h18H,6-17H2,1-5H3. The van der Waals surface area contributed by atoms with E-state index in [0.29, 0.717) is 6.04 Å². The van der Waals surface area contributed by atoms with E-state index in [1.54, 1.807) is 0 Å². The maximum absolute atomic E-state index is 12.2. The van der Waals surface area contributed by atoms with Gasteiger partial charge in [-0.25, -0.2) is 4.79 Å². The van der Waals surface area contributed by atoms with Crippen molar-refractivity contribution in [1.82, 2.24) is 9.80 Å². The minimum atomic E-state index is -0.406. The van der Waals surface area contributed by atoms with Crippen molar-refractivity contribution in [3.05, 3.63) is 0 Å². The van der Waals surface area contributed by atoms with Crippen molar-refractivity contribution < 1.29 is 9.53 Å². The molecule has 1 aliphatic heterocycles. The lowest BCUT2D eigenvalue weighted by Crippen LogP contribution is -2.52. The van der Waals surface area contributed by atoms with Gasteiger partial charge in [0.1, 0.15) is 5.60 Å². The third-order valence-corrected chi connectivity index (χ3v) is 4.76. The van der Waals surface area contributed by atoms with Gasteiger partial charge in [0.2, 0.25) is 0 Å². The molecule has 142 valence electrons. The Morgan fingerprint density at radius 2 is 1.42 bits per heavy atom. The number of carbonyl (C=O) groups is 1. The van der Waals surface area contributed by atoms with Crippen LogP contribution in [0.15, 0.2) is 0 Å². The van der Waals surface area contributed by atoms with Crippen LogP contribution in [0.2, 0.25) is 0 Å². The fourth-order valence-electron chi connectivity index (χ4n) is 3.37. The van der Waals surface area contributed by atoms with Crippen molar-refractivity contribution in [3.8, 4) is 0 Å². The van der Waals surface area contributed by atoms with Gasteiger partial charge in [0.25, 0.3) is 0 Å². The Kier molecular flexibility index (Phi) is 9.72. The fraction of sp³-hybridized carbons (Fsp3) is 0.950. The Balaban J connectivity index is 2.45. The van der Waals surface area contributed by atoms with Gasteiger partial charge in [-0.3, -0.25) is 4.90 Å². The number of piperazine rings is 1. The summed E-state index contributed by atoms with van der Waals surface area (Å²) in [5.41, 5.74) is -0.406. The second-order valence-electron chi connectivity index (χ2n) is 8.15. The first kappa shape index (κ1) is 21.3. The molecular weight excluding hydrogens is 300 g/mol. The number of hydrogen-bond donors (Lipinski definition) is 0. The maximum Gasteiger partial charge on any atom is 0.410 e. The van der Waals surface area contributed by atoms with E-state index in [4.69, 9.17) is 4.74 Å². The van der Waals surface area contributed by atoms with Gasteiger partial charge in [-0.15, -0.1) is 0 Å². The molecule has 0 aromatic rings. The van der Waals surface area contributed by atoms with Crippen LogP contribution in [0.4, 0.5) is 4.79 Å². The number of carbonyl (C=O) groups excluding carboxylic acids is 1. The molecule has 0 radical (unpaired) electrons. The lowest BCUT2D eigenvalue weighted by molar-refractivity contribution is 0.00911. The Bertz CT molecular complexity index is 334. The summed E-state index contributed by atoms with van der Waals surface area (Å²) in [5.74, 6) is 0. The molecule has 1 heterocycles. The van der Waals surface area contributed by atoms with Crippen molar-refractivity contribution >= 4 is 6.09 Å². The van der Waals surface area contributed by atoms with Crippen molar-refractivity contribution in [2.45, 2.75) is 97.6 Å². The summed E-state index contributed by atoms with van der Waals surface area (Å²) in [6.07, 6.45) is 10.4. The van der Waals surface area contributed by atoms with E-state index in [1.807, 2.05) is 25.7 Å². The van der Waals surface area contributed by atoms with Gasteiger partial charge in [-0.05, 0) is 33.6 Å². The largest absolute Gasteiger partial charge is 0.444 e. The molecule has 0 atom stereocenters. The summed E-state index contributed by atoms with van der Waals surface area (Å²) in [5, 5.41) is 0. The monoisotopic (exact) mass is 340 g/mol. The SMILES string of the molecule is CCCCCC(CCCCC)N1CCN(C(=O)OC(C)(C)C)CC1. The topological polar surface area (TPSA) is 32.8 Å². The molecular formula is C20H40N2O2. The molecule has 1 fully saturated rings. The average Bonchev–Trinajstić information content (AvgIpc) is 2.52. The molecule has 1 amide bonds. The van der Waals surface area contributed by atoms with Crippen molar-refractivity contribution in [1.29, 1.82) is 0 Å². The molecule has 0 aromatic heterocycles. The molecule has 0 spiro atoms. The van der Waals surface area contributed by atoms with E-state index in [2.05, 4.69) is 18.7 Å². The lowest BCUT2D eigenvalue weighted by atomic mass is 9.99. The van der Waals surface area contributed by atoms with Crippen molar-refractivity contribution in [3.63, 3.8) is 0 Å². The van der Waals surface area contributed by atoms with E-state index in [-0.39, 0.29) is 6.09 Å². The molecule has 0 bridgehead atoms. The first-order chi connectivity index (χ1) is 11.4.